The smallest absolute Gasteiger partial charge is 0.281 e. The first-order chi connectivity index (χ1) is 8.35. The average molecular weight is 279 g/mol. The Kier molecular flexibility index (Phi) is 6.00. The van der Waals surface area contributed by atoms with Gasteiger partial charge in [0, 0.05) is 46.4 Å². The van der Waals surface area contributed by atoms with Crippen LogP contribution in [0.25, 0.3) is 0 Å². The molecular weight excluding hydrogens is 254 g/mol. The van der Waals surface area contributed by atoms with E-state index in [0.29, 0.717) is 19.8 Å². The molecule has 6 nitrogen and oxygen atoms in total. The lowest BCUT2D eigenvalue weighted by Crippen LogP contribution is -2.50. The van der Waals surface area contributed by atoms with E-state index >= 15 is 0 Å². The van der Waals surface area contributed by atoms with Crippen LogP contribution in [-0.4, -0.2) is 82.5 Å². The number of hydrogen-bond donors (Lipinski definition) is 0. The molecule has 1 aliphatic heterocycles. The number of likely N-dealkylation sites (N-methyl/N-ethyl adjacent to an activating group) is 1. The molecule has 0 saturated carbocycles. The van der Waals surface area contributed by atoms with Gasteiger partial charge in [-0.1, -0.05) is 0 Å². The van der Waals surface area contributed by atoms with Crippen molar-refractivity contribution in [3.8, 4) is 0 Å². The van der Waals surface area contributed by atoms with Gasteiger partial charge in [-0.15, -0.1) is 0 Å². The predicted octanol–water partition coefficient (Wildman–Crippen LogP) is -0.165. The molecular formula is C11H25N3O3S. The fraction of sp³-hybridized carbons (Fsp3) is 1.00. The molecule has 1 saturated heterocycles. The van der Waals surface area contributed by atoms with Crippen molar-refractivity contribution < 1.29 is 13.2 Å². The molecule has 18 heavy (non-hydrogen) atoms. The van der Waals surface area contributed by atoms with Crippen LogP contribution in [0.1, 0.15) is 12.8 Å². The van der Waals surface area contributed by atoms with E-state index in [1.54, 1.807) is 18.4 Å². The Bertz CT molecular complexity index is 337. The van der Waals surface area contributed by atoms with E-state index in [2.05, 4.69) is 0 Å². The summed E-state index contributed by atoms with van der Waals surface area (Å²) in [7, 11) is 3.71. The Balaban J connectivity index is 2.80. The van der Waals surface area contributed by atoms with E-state index in [4.69, 9.17) is 4.74 Å². The molecule has 0 spiro atoms. The van der Waals surface area contributed by atoms with Gasteiger partial charge in [-0.3, -0.25) is 0 Å². The highest BCUT2D eigenvalue weighted by Gasteiger charge is 2.32. The zero-order valence-corrected chi connectivity index (χ0v) is 12.6. The molecule has 0 aliphatic carbocycles. The molecule has 1 rings (SSSR count). The second-order valence-electron chi connectivity index (χ2n) is 5.05. The van der Waals surface area contributed by atoms with Crippen LogP contribution in [0.5, 0.6) is 0 Å². The monoisotopic (exact) mass is 279 g/mol. The van der Waals surface area contributed by atoms with Crippen molar-refractivity contribution in [2.75, 3.05) is 54.5 Å². The van der Waals surface area contributed by atoms with Crippen molar-refractivity contribution in [2.45, 2.75) is 18.9 Å². The molecule has 108 valence electrons. The second-order valence-corrected chi connectivity index (χ2v) is 7.14. The maximum Gasteiger partial charge on any atom is 0.281 e. The minimum Gasteiger partial charge on any atom is -0.381 e. The summed E-state index contributed by atoms with van der Waals surface area (Å²) in [5, 5.41) is 0. The number of hydrogen-bond acceptors (Lipinski definition) is 4. The third-order valence-electron chi connectivity index (χ3n) is 3.12. The van der Waals surface area contributed by atoms with Gasteiger partial charge in [-0.05, 0) is 26.9 Å². The molecule has 7 heteroatoms. The summed E-state index contributed by atoms with van der Waals surface area (Å²) in [4.78, 5) is 2.00. The van der Waals surface area contributed by atoms with Gasteiger partial charge in [0.25, 0.3) is 10.2 Å². The van der Waals surface area contributed by atoms with Crippen LogP contribution in [0, 0.1) is 0 Å². The Morgan fingerprint density at radius 2 is 1.61 bits per heavy atom. The number of nitrogens with zero attached hydrogens (tertiary/aromatic N) is 3. The molecule has 0 amide bonds. The van der Waals surface area contributed by atoms with Crippen LogP contribution < -0.4 is 0 Å². The third kappa shape index (κ3) is 4.17. The van der Waals surface area contributed by atoms with E-state index in [1.807, 2.05) is 19.0 Å². The Morgan fingerprint density at radius 3 is 2.06 bits per heavy atom. The van der Waals surface area contributed by atoms with Gasteiger partial charge in [-0.2, -0.15) is 17.0 Å². The quantitative estimate of drug-likeness (QED) is 0.678. The first-order valence-corrected chi connectivity index (χ1v) is 7.67. The molecule has 0 aromatic carbocycles. The zero-order chi connectivity index (χ0) is 13.8. The Morgan fingerprint density at radius 1 is 1.06 bits per heavy atom. The second kappa shape index (κ2) is 6.81. The molecule has 0 aromatic rings. The minimum absolute atomic E-state index is 0.0612. The first kappa shape index (κ1) is 15.8. The molecule has 0 bridgehead atoms. The van der Waals surface area contributed by atoms with E-state index in [9.17, 15) is 8.42 Å². The molecule has 0 radical (unpaired) electrons. The maximum absolute atomic E-state index is 12.3. The van der Waals surface area contributed by atoms with Crippen LogP contribution >= 0.6 is 0 Å². The van der Waals surface area contributed by atoms with Crippen molar-refractivity contribution in [1.82, 2.24) is 13.5 Å². The molecule has 1 fully saturated rings. The highest BCUT2D eigenvalue weighted by Crippen LogP contribution is 2.19. The molecule has 1 aliphatic rings. The maximum atomic E-state index is 12.3. The topological polar surface area (TPSA) is 53.1 Å². The molecule has 0 N–H and O–H groups in total. The highest BCUT2D eigenvalue weighted by atomic mass is 32.2. The van der Waals surface area contributed by atoms with E-state index in [-0.39, 0.29) is 6.04 Å². The highest BCUT2D eigenvalue weighted by molar-refractivity contribution is 7.86. The van der Waals surface area contributed by atoms with E-state index < -0.39 is 10.2 Å². The van der Waals surface area contributed by atoms with Crippen LogP contribution in [0.15, 0.2) is 0 Å². The predicted molar refractivity (Wildman–Crippen MR) is 71.7 cm³/mol. The van der Waals surface area contributed by atoms with Crippen molar-refractivity contribution >= 4 is 10.2 Å². The van der Waals surface area contributed by atoms with E-state index in [1.165, 1.54) is 4.31 Å². The summed E-state index contributed by atoms with van der Waals surface area (Å²) in [6.45, 7) is 2.54. The standard InChI is InChI=1S/C11H25N3O3S/c1-12(2)7-8-14(18(15,16)13(3)4)11-5-9-17-10-6-11/h11H,5-10H2,1-4H3. The SMILES string of the molecule is CN(C)CCN(C1CCOCC1)S(=O)(=O)N(C)C. The molecule has 0 atom stereocenters. The number of ether oxygens (including phenoxy) is 1. The summed E-state index contributed by atoms with van der Waals surface area (Å²) < 4.78 is 32.9. The molecule has 1 heterocycles. The lowest BCUT2D eigenvalue weighted by Gasteiger charge is -2.35. The average Bonchev–Trinajstić information content (AvgIpc) is 2.29. The first-order valence-electron chi connectivity index (χ1n) is 6.27. The van der Waals surface area contributed by atoms with Crippen LogP contribution in [-0.2, 0) is 14.9 Å². The Labute approximate surface area is 111 Å². The minimum atomic E-state index is -3.35. The lowest BCUT2D eigenvalue weighted by atomic mass is 10.1. The van der Waals surface area contributed by atoms with Gasteiger partial charge in [0.2, 0.25) is 0 Å². The zero-order valence-electron chi connectivity index (χ0n) is 11.8. The summed E-state index contributed by atoms with van der Waals surface area (Å²) in [5.74, 6) is 0. The van der Waals surface area contributed by atoms with Gasteiger partial charge >= 0.3 is 0 Å². The molecule has 0 aromatic heterocycles. The molecule has 0 unspecified atom stereocenters. The summed E-state index contributed by atoms with van der Waals surface area (Å²) in [5.41, 5.74) is 0. The largest absolute Gasteiger partial charge is 0.381 e. The van der Waals surface area contributed by atoms with Crippen molar-refractivity contribution in [1.29, 1.82) is 0 Å². The van der Waals surface area contributed by atoms with Crippen molar-refractivity contribution in [2.24, 2.45) is 0 Å². The van der Waals surface area contributed by atoms with Gasteiger partial charge < -0.3 is 9.64 Å². The van der Waals surface area contributed by atoms with Gasteiger partial charge in [0.1, 0.15) is 0 Å². The van der Waals surface area contributed by atoms with Crippen LogP contribution in [0.2, 0.25) is 0 Å². The summed E-state index contributed by atoms with van der Waals surface area (Å²) >= 11 is 0. The Hall–Kier alpha value is -0.210. The summed E-state index contributed by atoms with van der Waals surface area (Å²) in [6.07, 6.45) is 1.56. The third-order valence-corrected chi connectivity index (χ3v) is 5.12. The fourth-order valence-electron chi connectivity index (χ4n) is 1.97. The van der Waals surface area contributed by atoms with E-state index in [0.717, 1.165) is 19.4 Å². The van der Waals surface area contributed by atoms with Crippen molar-refractivity contribution in [3.63, 3.8) is 0 Å². The lowest BCUT2D eigenvalue weighted by molar-refractivity contribution is 0.0561. The van der Waals surface area contributed by atoms with Gasteiger partial charge in [0.15, 0.2) is 0 Å². The van der Waals surface area contributed by atoms with Gasteiger partial charge in [-0.25, -0.2) is 0 Å². The fourth-order valence-corrected chi connectivity index (χ4v) is 3.29. The number of rotatable bonds is 6. The van der Waals surface area contributed by atoms with Crippen molar-refractivity contribution in [3.05, 3.63) is 0 Å². The van der Waals surface area contributed by atoms with Crippen LogP contribution in [0.3, 0.4) is 0 Å². The van der Waals surface area contributed by atoms with Gasteiger partial charge in [0.05, 0.1) is 0 Å². The summed E-state index contributed by atoms with van der Waals surface area (Å²) in [6, 6.07) is 0.0612. The normalized spacial score (nSPS) is 19.1. The van der Waals surface area contributed by atoms with Crippen LogP contribution in [0.4, 0.5) is 0 Å².